The first kappa shape index (κ1) is 20.7. The van der Waals surface area contributed by atoms with E-state index >= 15 is 0 Å². The lowest BCUT2D eigenvalue weighted by atomic mass is 9.99. The van der Waals surface area contributed by atoms with Crippen molar-refractivity contribution in [2.24, 2.45) is 13.0 Å². The highest BCUT2D eigenvalue weighted by atomic mass is 16.2. The summed E-state index contributed by atoms with van der Waals surface area (Å²) in [4.78, 5) is 28.6. The van der Waals surface area contributed by atoms with Crippen molar-refractivity contribution in [2.45, 2.75) is 46.1 Å². The third-order valence-corrected chi connectivity index (χ3v) is 6.41. The maximum atomic E-state index is 13.2. The van der Waals surface area contributed by atoms with Gasteiger partial charge in [0.15, 0.2) is 5.82 Å². The molecule has 0 aromatic carbocycles. The topological polar surface area (TPSA) is 84.2 Å². The Kier molecular flexibility index (Phi) is 5.94. The summed E-state index contributed by atoms with van der Waals surface area (Å²) in [5.41, 5.74) is 2.28. The van der Waals surface area contributed by atoms with Crippen LogP contribution >= 0.6 is 0 Å². The highest BCUT2D eigenvalue weighted by Crippen LogP contribution is 2.31. The van der Waals surface area contributed by atoms with E-state index in [0.717, 1.165) is 63.4 Å². The van der Waals surface area contributed by atoms with Gasteiger partial charge in [0.25, 0.3) is 11.5 Å². The van der Waals surface area contributed by atoms with E-state index in [1.165, 1.54) is 0 Å². The molecule has 0 saturated carbocycles. The van der Waals surface area contributed by atoms with Crippen molar-refractivity contribution in [3.8, 4) is 0 Å². The summed E-state index contributed by atoms with van der Waals surface area (Å²) in [7, 11) is 1.88. The van der Waals surface area contributed by atoms with Gasteiger partial charge in [-0.05, 0) is 70.2 Å². The van der Waals surface area contributed by atoms with Gasteiger partial charge < -0.3 is 20.1 Å². The molecule has 1 atom stereocenters. The van der Waals surface area contributed by atoms with Gasteiger partial charge in [0, 0.05) is 32.9 Å². The lowest BCUT2D eigenvalue weighted by molar-refractivity contribution is 0.102. The second kappa shape index (κ2) is 8.63. The Hall–Kier alpha value is -2.61. The van der Waals surface area contributed by atoms with Crippen molar-refractivity contribution < 1.29 is 4.79 Å². The first-order chi connectivity index (χ1) is 14.5. The van der Waals surface area contributed by atoms with Crippen LogP contribution in [0, 0.1) is 19.8 Å². The van der Waals surface area contributed by atoms with Crippen LogP contribution in [0.4, 0.5) is 11.5 Å². The Morgan fingerprint density at radius 1 is 1.27 bits per heavy atom. The Morgan fingerprint density at radius 2 is 2.03 bits per heavy atom. The average Bonchev–Trinajstić information content (AvgIpc) is 3.35. The summed E-state index contributed by atoms with van der Waals surface area (Å²) in [5, 5.41) is 11.0. The molecule has 8 heteroatoms. The maximum Gasteiger partial charge on any atom is 0.263 e. The molecule has 4 heterocycles. The van der Waals surface area contributed by atoms with Gasteiger partial charge in [0.1, 0.15) is 11.3 Å². The summed E-state index contributed by atoms with van der Waals surface area (Å²) in [6.45, 7) is 8.22. The quantitative estimate of drug-likeness (QED) is 0.785. The van der Waals surface area contributed by atoms with Crippen LogP contribution in [0.3, 0.4) is 0 Å². The van der Waals surface area contributed by atoms with Gasteiger partial charge >= 0.3 is 0 Å². The maximum absolute atomic E-state index is 13.2. The van der Waals surface area contributed by atoms with Crippen LogP contribution in [-0.4, -0.2) is 46.4 Å². The smallest absolute Gasteiger partial charge is 0.263 e. The molecule has 8 nitrogen and oxygen atoms in total. The van der Waals surface area contributed by atoms with Crippen molar-refractivity contribution in [2.75, 3.05) is 36.4 Å². The van der Waals surface area contributed by atoms with Crippen LogP contribution in [-0.2, 0) is 13.6 Å². The summed E-state index contributed by atoms with van der Waals surface area (Å²) >= 11 is 0. The zero-order chi connectivity index (χ0) is 21.3. The summed E-state index contributed by atoms with van der Waals surface area (Å²) in [6, 6.07) is 1.87. The number of nitrogens with one attached hydrogen (secondary N) is 2. The van der Waals surface area contributed by atoms with Crippen molar-refractivity contribution in [3.63, 3.8) is 0 Å². The van der Waals surface area contributed by atoms with Crippen LogP contribution in [0.5, 0.6) is 0 Å². The number of hydrogen-bond donors (Lipinski definition) is 2. The van der Waals surface area contributed by atoms with Crippen LogP contribution in [0.2, 0.25) is 0 Å². The molecule has 162 valence electrons. The monoisotopic (exact) mass is 412 g/mol. The number of hydrogen-bond acceptors (Lipinski definition) is 5. The normalized spacial score (nSPS) is 19.3. The molecule has 30 heavy (non-hydrogen) atoms. The molecule has 1 amide bonds. The van der Waals surface area contributed by atoms with Crippen molar-refractivity contribution >= 4 is 17.4 Å². The van der Waals surface area contributed by atoms with E-state index in [0.29, 0.717) is 23.7 Å². The van der Waals surface area contributed by atoms with E-state index in [4.69, 9.17) is 0 Å². The van der Waals surface area contributed by atoms with Gasteiger partial charge in [0.05, 0.1) is 5.69 Å². The van der Waals surface area contributed by atoms with Gasteiger partial charge in [0.2, 0.25) is 0 Å². The molecular formula is C22H32N6O2. The van der Waals surface area contributed by atoms with Crippen LogP contribution in [0.25, 0.3) is 0 Å². The standard InChI is InChI=1S/C22H32N6O2/c1-15-8-12-28(14-17-7-6-9-23-13-17)22(30)18(15)21(29)24-19-16(2)26(3)25-20(19)27-10-4-5-11-27/h8,12,17,23H,4-7,9-11,13-14H2,1-3H3,(H,24,29). The number of nitrogens with zero attached hydrogens (tertiary/aromatic N) is 4. The fourth-order valence-electron chi connectivity index (χ4n) is 4.51. The van der Waals surface area contributed by atoms with E-state index in [1.807, 2.05) is 33.2 Å². The number of rotatable bonds is 5. The molecular weight excluding hydrogens is 380 g/mol. The fourth-order valence-corrected chi connectivity index (χ4v) is 4.51. The minimum Gasteiger partial charge on any atom is -0.353 e. The number of piperidine rings is 1. The molecule has 2 fully saturated rings. The number of pyridine rings is 1. The first-order valence-corrected chi connectivity index (χ1v) is 11.0. The van der Waals surface area contributed by atoms with Crippen molar-refractivity contribution in [1.82, 2.24) is 19.7 Å². The Bertz CT molecular complexity index is 980. The number of carbonyl (C=O) groups is 1. The molecule has 4 rings (SSSR count). The third kappa shape index (κ3) is 4.01. The summed E-state index contributed by atoms with van der Waals surface area (Å²) < 4.78 is 3.48. The zero-order valence-corrected chi connectivity index (χ0v) is 18.2. The molecule has 0 aliphatic carbocycles. The molecule has 2 aromatic rings. The number of aromatic nitrogens is 3. The molecule has 2 aliphatic rings. The number of amides is 1. The molecule has 2 N–H and O–H groups in total. The Morgan fingerprint density at radius 3 is 2.73 bits per heavy atom. The highest BCUT2D eigenvalue weighted by Gasteiger charge is 2.25. The third-order valence-electron chi connectivity index (χ3n) is 6.41. The zero-order valence-electron chi connectivity index (χ0n) is 18.2. The highest BCUT2D eigenvalue weighted by molar-refractivity contribution is 6.06. The molecule has 0 radical (unpaired) electrons. The van der Waals surface area contributed by atoms with E-state index in [1.54, 1.807) is 9.25 Å². The summed E-state index contributed by atoms with van der Waals surface area (Å²) in [6.07, 6.45) is 6.29. The fraction of sp³-hybridized carbons (Fsp3) is 0.591. The molecule has 1 unspecified atom stereocenters. The number of carbonyl (C=O) groups excluding carboxylic acids is 1. The first-order valence-electron chi connectivity index (χ1n) is 11.0. The molecule has 0 spiro atoms. The largest absolute Gasteiger partial charge is 0.353 e. The molecule has 2 aliphatic heterocycles. The molecule has 0 bridgehead atoms. The predicted molar refractivity (Wildman–Crippen MR) is 118 cm³/mol. The van der Waals surface area contributed by atoms with E-state index < -0.39 is 0 Å². The lowest BCUT2D eigenvalue weighted by Gasteiger charge is -2.23. The van der Waals surface area contributed by atoms with Gasteiger partial charge in [-0.1, -0.05) is 0 Å². The van der Waals surface area contributed by atoms with Crippen LogP contribution in [0.15, 0.2) is 17.1 Å². The van der Waals surface area contributed by atoms with Gasteiger partial charge in [-0.25, -0.2) is 0 Å². The van der Waals surface area contributed by atoms with Crippen molar-refractivity contribution in [3.05, 3.63) is 39.4 Å². The number of aryl methyl sites for hydroxylation is 2. The van der Waals surface area contributed by atoms with E-state index in [-0.39, 0.29) is 17.0 Å². The molecule has 2 aromatic heterocycles. The van der Waals surface area contributed by atoms with Gasteiger partial charge in [-0.3, -0.25) is 14.3 Å². The van der Waals surface area contributed by atoms with Gasteiger partial charge in [-0.15, -0.1) is 0 Å². The van der Waals surface area contributed by atoms with E-state index in [9.17, 15) is 9.59 Å². The minimum absolute atomic E-state index is 0.219. The SMILES string of the molecule is Cc1ccn(CC2CCCNC2)c(=O)c1C(=O)Nc1c(N2CCCC2)nn(C)c1C. The average molecular weight is 413 g/mol. The predicted octanol–water partition coefficient (Wildman–Crippen LogP) is 2.05. The van der Waals surface area contributed by atoms with Crippen LogP contribution < -0.4 is 21.1 Å². The Labute approximate surface area is 177 Å². The molecule has 2 saturated heterocycles. The second-order valence-corrected chi connectivity index (χ2v) is 8.60. The Balaban J connectivity index is 1.61. The second-order valence-electron chi connectivity index (χ2n) is 8.60. The summed E-state index contributed by atoms with van der Waals surface area (Å²) in [5.74, 6) is 0.852. The number of anilines is 2. The van der Waals surface area contributed by atoms with Gasteiger partial charge in [-0.2, -0.15) is 5.10 Å². The van der Waals surface area contributed by atoms with Crippen molar-refractivity contribution in [1.29, 1.82) is 0 Å². The minimum atomic E-state index is -0.356. The lowest BCUT2D eigenvalue weighted by Crippen LogP contribution is -2.36. The van der Waals surface area contributed by atoms with E-state index in [2.05, 4.69) is 20.6 Å². The van der Waals surface area contributed by atoms with Crippen LogP contribution in [0.1, 0.15) is 47.3 Å².